The lowest BCUT2D eigenvalue weighted by Gasteiger charge is -2.26. The Balaban J connectivity index is 2.03. The minimum Gasteiger partial charge on any atom is -0.493 e. The predicted molar refractivity (Wildman–Crippen MR) is 121 cm³/mol. The van der Waals surface area contributed by atoms with Crippen LogP contribution in [-0.2, 0) is 9.53 Å². The molecule has 3 heterocycles. The Hall–Kier alpha value is -3.59. The van der Waals surface area contributed by atoms with Crippen LogP contribution in [0, 0.1) is 0 Å². The number of benzene rings is 1. The van der Waals surface area contributed by atoms with Gasteiger partial charge in [0.25, 0.3) is 5.56 Å². The van der Waals surface area contributed by atoms with E-state index in [1.807, 2.05) is 18.2 Å². The van der Waals surface area contributed by atoms with Gasteiger partial charge < -0.3 is 19.2 Å². The SMILES string of the molecule is CCOC(=O)C1=C(C)N=c2s/c(=C\c3ccc[nH]3)c(=O)n2C1c1cccc(OC)c1OC. The topological polar surface area (TPSA) is 94.9 Å². The molecule has 0 spiro atoms. The number of aromatic nitrogens is 2. The van der Waals surface area contributed by atoms with Gasteiger partial charge in [-0.15, -0.1) is 0 Å². The van der Waals surface area contributed by atoms with Crippen LogP contribution in [0.15, 0.2) is 57.6 Å². The summed E-state index contributed by atoms with van der Waals surface area (Å²) in [6.45, 7) is 3.68. The number of para-hydroxylation sites is 1. The van der Waals surface area contributed by atoms with Gasteiger partial charge in [0.15, 0.2) is 16.3 Å². The lowest BCUT2D eigenvalue weighted by Crippen LogP contribution is -2.40. The molecule has 4 rings (SSSR count). The smallest absolute Gasteiger partial charge is 0.338 e. The van der Waals surface area contributed by atoms with Crippen molar-refractivity contribution in [2.45, 2.75) is 19.9 Å². The molecule has 0 saturated carbocycles. The van der Waals surface area contributed by atoms with E-state index in [9.17, 15) is 9.59 Å². The minimum absolute atomic E-state index is 0.203. The molecular formula is C23H23N3O5S. The lowest BCUT2D eigenvalue weighted by molar-refractivity contribution is -0.139. The van der Waals surface area contributed by atoms with Crippen LogP contribution in [0.2, 0.25) is 0 Å². The first-order chi connectivity index (χ1) is 15.5. The number of aromatic amines is 1. The van der Waals surface area contributed by atoms with Crippen LogP contribution in [0.4, 0.5) is 0 Å². The maximum Gasteiger partial charge on any atom is 0.338 e. The van der Waals surface area contributed by atoms with Gasteiger partial charge in [-0.05, 0) is 38.1 Å². The average molecular weight is 454 g/mol. The average Bonchev–Trinajstić information content (AvgIpc) is 3.40. The molecule has 1 aliphatic heterocycles. The highest BCUT2D eigenvalue weighted by molar-refractivity contribution is 7.07. The van der Waals surface area contributed by atoms with E-state index >= 15 is 0 Å². The van der Waals surface area contributed by atoms with E-state index in [2.05, 4.69) is 9.98 Å². The number of allylic oxidation sites excluding steroid dienone is 1. The van der Waals surface area contributed by atoms with E-state index in [1.54, 1.807) is 38.3 Å². The molecular weight excluding hydrogens is 430 g/mol. The van der Waals surface area contributed by atoms with Gasteiger partial charge in [0.05, 0.1) is 36.6 Å². The quantitative estimate of drug-likeness (QED) is 0.577. The van der Waals surface area contributed by atoms with Crippen molar-refractivity contribution < 1.29 is 19.0 Å². The number of hydrogen-bond donors (Lipinski definition) is 1. The molecule has 0 fully saturated rings. The standard InChI is InChI=1S/C23H23N3O5S/c1-5-31-22(28)18-13(2)25-23-26(21(27)17(32-23)12-14-8-7-11-24-14)19(18)15-9-6-10-16(29-3)20(15)30-4/h6-12,19,24H,5H2,1-4H3/b17-12-. The van der Waals surface area contributed by atoms with Crippen molar-refractivity contribution >= 4 is 23.4 Å². The summed E-state index contributed by atoms with van der Waals surface area (Å²) in [5.41, 5.74) is 1.93. The van der Waals surface area contributed by atoms with Crippen LogP contribution in [0.1, 0.15) is 31.1 Å². The van der Waals surface area contributed by atoms with Crippen LogP contribution in [0.3, 0.4) is 0 Å². The first-order valence-electron chi connectivity index (χ1n) is 10.0. The van der Waals surface area contributed by atoms with E-state index in [-0.39, 0.29) is 17.7 Å². The van der Waals surface area contributed by atoms with Crippen LogP contribution < -0.4 is 24.4 Å². The summed E-state index contributed by atoms with van der Waals surface area (Å²) in [6, 6.07) is 8.32. The van der Waals surface area contributed by atoms with Crippen LogP contribution >= 0.6 is 11.3 Å². The monoisotopic (exact) mass is 453 g/mol. The molecule has 2 aromatic heterocycles. The summed E-state index contributed by atoms with van der Waals surface area (Å²) in [5, 5.41) is 0. The summed E-state index contributed by atoms with van der Waals surface area (Å²) in [5.74, 6) is 0.411. The molecule has 8 nitrogen and oxygen atoms in total. The Kier molecular flexibility index (Phi) is 6.00. The first kappa shape index (κ1) is 21.6. The van der Waals surface area contributed by atoms with E-state index in [1.165, 1.54) is 30.1 Å². The number of carbonyl (C=O) groups excluding carboxylic acids is 1. The normalized spacial score (nSPS) is 15.9. The van der Waals surface area contributed by atoms with Crippen LogP contribution in [0.25, 0.3) is 6.08 Å². The molecule has 1 unspecified atom stereocenters. The molecule has 0 aliphatic carbocycles. The van der Waals surface area contributed by atoms with Crippen LogP contribution in [-0.4, -0.2) is 36.3 Å². The second-order valence-electron chi connectivity index (χ2n) is 7.01. The second kappa shape index (κ2) is 8.88. The van der Waals surface area contributed by atoms with Crippen LogP contribution in [0.5, 0.6) is 11.5 Å². The highest BCUT2D eigenvalue weighted by atomic mass is 32.1. The fraction of sp³-hybridized carbons (Fsp3) is 0.261. The van der Waals surface area contributed by atoms with E-state index in [4.69, 9.17) is 14.2 Å². The number of fused-ring (bicyclic) bond motifs is 1. The Morgan fingerprint density at radius 2 is 2.06 bits per heavy atom. The third kappa shape index (κ3) is 3.64. The van der Waals surface area contributed by atoms with E-state index in [0.29, 0.717) is 32.1 Å². The molecule has 1 N–H and O–H groups in total. The Morgan fingerprint density at radius 3 is 2.72 bits per heavy atom. The Bertz CT molecular complexity index is 1370. The third-order valence-corrected chi connectivity index (χ3v) is 6.14. The van der Waals surface area contributed by atoms with Gasteiger partial charge in [-0.2, -0.15) is 0 Å². The summed E-state index contributed by atoms with van der Waals surface area (Å²) in [4.78, 5) is 34.7. The zero-order valence-electron chi connectivity index (χ0n) is 18.2. The molecule has 0 radical (unpaired) electrons. The molecule has 3 aromatic rings. The third-order valence-electron chi connectivity index (χ3n) is 5.15. The molecule has 0 bridgehead atoms. The number of rotatable bonds is 6. The van der Waals surface area contributed by atoms with Crippen molar-refractivity contribution in [1.82, 2.24) is 9.55 Å². The predicted octanol–water partition coefficient (Wildman–Crippen LogP) is 2.14. The van der Waals surface area contributed by atoms with Crippen molar-refractivity contribution in [1.29, 1.82) is 0 Å². The van der Waals surface area contributed by atoms with Crippen molar-refractivity contribution in [2.75, 3.05) is 20.8 Å². The summed E-state index contributed by atoms with van der Waals surface area (Å²) < 4.78 is 18.4. The first-order valence-corrected chi connectivity index (χ1v) is 10.9. The highest BCUT2D eigenvalue weighted by Crippen LogP contribution is 2.40. The molecule has 0 amide bonds. The van der Waals surface area contributed by atoms with Gasteiger partial charge in [-0.3, -0.25) is 9.36 Å². The number of thiazole rings is 1. The Labute approximate surface area is 188 Å². The summed E-state index contributed by atoms with van der Waals surface area (Å²) in [6.07, 6.45) is 3.56. The summed E-state index contributed by atoms with van der Waals surface area (Å²) >= 11 is 1.26. The Morgan fingerprint density at radius 1 is 1.25 bits per heavy atom. The number of nitrogens with one attached hydrogen (secondary N) is 1. The van der Waals surface area contributed by atoms with Crippen molar-refractivity contribution in [3.05, 3.63) is 78.7 Å². The number of methoxy groups -OCH3 is 2. The van der Waals surface area contributed by atoms with Gasteiger partial charge >= 0.3 is 5.97 Å². The fourth-order valence-corrected chi connectivity index (χ4v) is 4.83. The van der Waals surface area contributed by atoms with Gasteiger partial charge in [0.2, 0.25) is 0 Å². The molecule has 0 saturated heterocycles. The van der Waals surface area contributed by atoms with Gasteiger partial charge in [0, 0.05) is 17.5 Å². The number of ether oxygens (including phenoxy) is 3. The zero-order chi connectivity index (χ0) is 22.8. The molecule has 32 heavy (non-hydrogen) atoms. The van der Waals surface area contributed by atoms with Crippen molar-refractivity contribution in [2.24, 2.45) is 4.99 Å². The minimum atomic E-state index is -0.777. The fourth-order valence-electron chi connectivity index (χ4n) is 3.79. The maximum atomic E-state index is 13.5. The second-order valence-corrected chi connectivity index (χ2v) is 8.02. The number of H-pyrrole nitrogens is 1. The lowest BCUT2D eigenvalue weighted by atomic mass is 9.94. The van der Waals surface area contributed by atoms with Crippen molar-refractivity contribution in [3.63, 3.8) is 0 Å². The zero-order valence-corrected chi connectivity index (χ0v) is 19.0. The molecule has 1 aromatic carbocycles. The maximum absolute atomic E-state index is 13.5. The largest absolute Gasteiger partial charge is 0.493 e. The molecule has 9 heteroatoms. The number of hydrogen-bond acceptors (Lipinski definition) is 7. The molecule has 1 aliphatic rings. The van der Waals surface area contributed by atoms with Gasteiger partial charge in [-0.25, -0.2) is 9.79 Å². The molecule has 166 valence electrons. The van der Waals surface area contributed by atoms with Crippen molar-refractivity contribution in [3.8, 4) is 11.5 Å². The van der Waals surface area contributed by atoms with Gasteiger partial charge in [0.1, 0.15) is 6.04 Å². The van der Waals surface area contributed by atoms with Gasteiger partial charge in [-0.1, -0.05) is 23.5 Å². The highest BCUT2D eigenvalue weighted by Gasteiger charge is 2.35. The van der Waals surface area contributed by atoms with E-state index < -0.39 is 12.0 Å². The van der Waals surface area contributed by atoms with E-state index in [0.717, 1.165) is 5.69 Å². The summed E-state index contributed by atoms with van der Waals surface area (Å²) in [7, 11) is 3.06. The number of carbonyl (C=O) groups is 1. The number of nitrogens with zero attached hydrogens (tertiary/aromatic N) is 2. The molecule has 1 atom stereocenters. The number of esters is 1.